The van der Waals surface area contributed by atoms with E-state index < -0.39 is 36.3 Å². The molecule has 214 valence electrons. The molecular weight excluding hydrogens is 529 g/mol. The normalized spacial score (nSPS) is 13.0. The van der Waals surface area contributed by atoms with Gasteiger partial charge in [-0.05, 0) is 50.1 Å². The number of carbonyl (C=O) groups excluding carboxylic acids is 1. The molecule has 4 N–H and O–H groups in total. The molecule has 41 heavy (non-hydrogen) atoms. The predicted molar refractivity (Wildman–Crippen MR) is 153 cm³/mol. The van der Waals surface area contributed by atoms with Crippen molar-refractivity contribution in [3.05, 3.63) is 89.7 Å². The predicted octanol–water partition coefficient (Wildman–Crippen LogP) is 5.69. The van der Waals surface area contributed by atoms with E-state index in [2.05, 4.69) is 10.5 Å². The Morgan fingerprint density at radius 1 is 1.05 bits per heavy atom. The van der Waals surface area contributed by atoms with Crippen molar-refractivity contribution >= 4 is 23.8 Å². The van der Waals surface area contributed by atoms with Crippen molar-refractivity contribution in [3.8, 4) is 22.3 Å². The number of aliphatic hydroxyl groups excluding tert-OH is 2. The van der Waals surface area contributed by atoms with E-state index in [-0.39, 0.29) is 18.3 Å². The summed E-state index contributed by atoms with van der Waals surface area (Å²) in [5.41, 5.74) is 3.45. The van der Waals surface area contributed by atoms with Gasteiger partial charge in [0.05, 0.1) is 18.6 Å². The SMILES string of the molecule is Cc1cc(NC(=O)c2c(-c3ccccc3)c(-c3ccc(F)cc3)c(/C=C/C(O)CC(O)CC(=O)O)n2C(C)C)no1. The highest BCUT2D eigenvalue weighted by Gasteiger charge is 2.30. The van der Waals surface area contributed by atoms with Crippen LogP contribution in [0.1, 0.15) is 54.7 Å². The van der Waals surface area contributed by atoms with Crippen LogP contribution in [0, 0.1) is 12.7 Å². The van der Waals surface area contributed by atoms with Crippen molar-refractivity contribution in [2.45, 2.75) is 51.9 Å². The summed E-state index contributed by atoms with van der Waals surface area (Å²) in [6, 6.07) is 16.6. The van der Waals surface area contributed by atoms with Gasteiger partial charge in [-0.3, -0.25) is 9.59 Å². The van der Waals surface area contributed by atoms with Crippen LogP contribution in [0.3, 0.4) is 0 Å². The first-order valence-corrected chi connectivity index (χ1v) is 13.2. The number of hydrogen-bond acceptors (Lipinski definition) is 6. The molecule has 4 aromatic rings. The lowest BCUT2D eigenvalue weighted by Gasteiger charge is -2.17. The average Bonchev–Trinajstić information content (AvgIpc) is 3.48. The number of aryl methyl sites for hydroxylation is 1. The number of carbonyl (C=O) groups is 2. The molecule has 2 unspecified atom stereocenters. The fourth-order valence-corrected chi connectivity index (χ4v) is 4.77. The lowest BCUT2D eigenvalue weighted by molar-refractivity contribution is -0.139. The molecule has 0 fully saturated rings. The number of nitrogens with zero attached hydrogens (tertiary/aromatic N) is 2. The van der Waals surface area contributed by atoms with Crippen molar-refractivity contribution < 1.29 is 33.8 Å². The van der Waals surface area contributed by atoms with Crippen LogP contribution in [0.4, 0.5) is 10.2 Å². The number of anilines is 1. The van der Waals surface area contributed by atoms with Gasteiger partial charge in [0.1, 0.15) is 17.3 Å². The van der Waals surface area contributed by atoms with E-state index in [0.29, 0.717) is 33.8 Å². The van der Waals surface area contributed by atoms with E-state index in [1.165, 1.54) is 18.2 Å². The van der Waals surface area contributed by atoms with Gasteiger partial charge in [-0.25, -0.2) is 4.39 Å². The van der Waals surface area contributed by atoms with Crippen LogP contribution in [0.5, 0.6) is 0 Å². The van der Waals surface area contributed by atoms with Crippen LogP contribution in [0.25, 0.3) is 28.3 Å². The van der Waals surface area contributed by atoms with Gasteiger partial charge in [0, 0.05) is 35.3 Å². The highest BCUT2D eigenvalue weighted by atomic mass is 19.1. The van der Waals surface area contributed by atoms with Gasteiger partial charge in [-0.15, -0.1) is 0 Å². The molecule has 2 aromatic carbocycles. The fourth-order valence-electron chi connectivity index (χ4n) is 4.77. The minimum atomic E-state index is -1.24. The van der Waals surface area contributed by atoms with Gasteiger partial charge in [0.2, 0.25) is 0 Å². The Hall–Kier alpha value is -4.54. The second-order valence-corrected chi connectivity index (χ2v) is 10.0. The summed E-state index contributed by atoms with van der Waals surface area (Å²) in [6.07, 6.45) is -0.0203. The van der Waals surface area contributed by atoms with Crippen LogP contribution < -0.4 is 5.32 Å². The Balaban J connectivity index is 1.95. The molecule has 0 aliphatic heterocycles. The molecule has 4 rings (SSSR count). The minimum Gasteiger partial charge on any atom is -0.481 e. The van der Waals surface area contributed by atoms with Crippen LogP contribution >= 0.6 is 0 Å². The number of amides is 1. The number of hydrogen-bond donors (Lipinski definition) is 4. The smallest absolute Gasteiger partial charge is 0.305 e. The molecule has 0 saturated heterocycles. The van der Waals surface area contributed by atoms with Gasteiger partial charge in [-0.2, -0.15) is 0 Å². The third-order valence-corrected chi connectivity index (χ3v) is 6.44. The molecule has 2 aromatic heterocycles. The van der Waals surface area contributed by atoms with Crippen molar-refractivity contribution in [1.29, 1.82) is 0 Å². The standard InChI is InChI=1S/C31H32FN3O6/c1-18(2)35-25(14-13-23(36)16-24(37)17-27(38)39)28(21-9-11-22(32)12-10-21)29(20-7-5-4-6-8-20)30(35)31(40)33-26-15-19(3)41-34-26/h4-15,18,23-24,36-37H,16-17H2,1-3H3,(H,38,39)(H,33,34,40)/b14-13+. The first kappa shape index (κ1) is 29.4. The quantitative estimate of drug-likeness (QED) is 0.185. The molecule has 9 nitrogen and oxygen atoms in total. The van der Waals surface area contributed by atoms with Gasteiger partial charge < -0.3 is 29.7 Å². The summed E-state index contributed by atoms with van der Waals surface area (Å²) in [4.78, 5) is 24.9. The van der Waals surface area contributed by atoms with Crippen LogP contribution in [-0.2, 0) is 4.79 Å². The van der Waals surface area contributed by atoms with E-state index >= 15 is 0 Å². The van der Waals surface area contributed by atoms with E-state index in [9.17, 15) is 24.2 Å². The molecule has 2 atom stereocenters. The number of rotatable bonds is 11. The summed E-state index contributed by atoms with van der Waals surface area (Å²) in [5.74, 6) is -1.28. The van der Waals surface area contributed by atoms with E-state index in [0.717, 1.165) is 5.56 Å². The Labute approximate surface area is 236 Å². The average molecular weight is 562 g/mol. The first-order chi connectivity index (χ1) is 19.5. The Bertz CT molecular complexity index is 1540. The highest BCUT2D eigenvalue weighted by molar-refractivity contribution is 6.11. The fraction of sp³-hybridized carbons (Fsp3) is 0.258. The van der Waals surface area contributed by atoms with E-state index in [1.807, 2.05) is 48.7 Å². The number of carboxylic acid groups (broad SMARTS) is 1. The van der Waals surface area contributed by atoms with Crippen LogP contribution in [-0.4, -0.2) is 49.1 Å². The monoisotopic (exact) mass is 561 g/mol. The zero-order valence-electron chi connectivity index (χ0n) is 22.9. The van der Waals surface area contributed by atoms with Crippen molar-refractivity contribution in [2.24, 2.45) is 0 Å². The number of halogens is 1. The highest BCUT2D eigenvalue weighted by Crippen LogP contribution is 2.42. The first-order valence-electron chi connectivity index (χ1n) is 13.2. The molecule has 0 radical (unpaired) electrons. The summed E-state index contributed by atoms with van der Waals surface area (Å²) >= 11 is 0. The summed E-state index contributed by atoms with van der Waals surface area (Å²) in [5, 5.41) is 36.3. The number of aromatic nitrogens is 2. The summed E-state index contributed by atoms with van der Waals surface area (Å²) in [6.45, 7) is 5.53. The van der Waals surface area contributed by atoms with Crippen LogP contribution in [0.15, 0.2) is 71.3 Å². The zero-order chi connectivity index (χ0) is 29.7. The molecule has 0 aliphatic carbocycles. The van der Waals surface area contributed by atoms with Gasteiger partial charge >= 0.3 is 5.97 Å². The third-order valence-electron chi connectivity index (χ3n) is 6.44. The Morgan fingerprint density at radius 2 is 1.71 bits per heavy atom. The molecule has 0 bridgehead atoms. The second kappa shape index (κ2) is 12.8. The van der Waals surface area contributed by atoms with E-state index in [4.69, 9.17) is 9.63 Å². The number of benzene rings is 2. The molecular formula is C31H32FN3O6. The summed E-state index contributed by atoms with van der Waals surface area (Å²) in [7, 11) is 0. The number of nitrogens with one attached hydrogen (secondary N) is 1. The van der Waals surface area contributed by atoms with Crippen molar-refractivity contribution in [3.63, 3.8) is 0 Å². The van der Waals surface area contributed by atoms with Crippen molar-refractivity contribution in [1.82, 2.24) is 9.72 Å². The largest absolute Gasteiger partial charge is 0.481 e. The number of carboxylic acids is 1. The summed E-state index contributed by atoms with van der Waals surface area (Å²) < 4.78 is 20.9. The second-order valence-electron chi connectivity index (χ2n) is 10.0. The molecule has 0 spiro atoms. The van der Waals surface area contributed by atoms with Crippen molar-refractivity contribution in [2.75, 3.05) is 5.32 Å². The maximum absolute atomic E-state index is 14.0. The topological polar surface area (TPSA) is 138 Å². The van der Waals surface area contributed by atoms with Crippen LogP contribution in [0.2, 0.25) is 0 Å². The maximum atomic E-state index is 14.0. The maximum Gasteiger partial charge on any atom is 0.305 e. The third kappa shape index (κ3) is 6.97. The molecule has 0 aliphatic rings. The van der Waals surface area contributed by atoms with Gasteiger partial charge in [-0.1, -0.05) is 53.7 Å². The Morgan fingerprint density at radius 3 is 2.29 bits per heavy atom. The zero-order valence-corrected chi connectivity index (χ0v) is 22.9. The lowest BCUT2D eigenvalue weighted by Crippen LogP contribution is -2.20. The van der Waals surface area contributed by atoms with Gasteiger partial charge in [0.15, 0.2) is 5.82 Å². The lowest BCUT2D eigenvalue weighted by atomic mass is 9.94. The van der Waals surface area contributed by atoms with Gasteiger partial charge in [0.25, 0.3) is 5.91 Å². The number of aliphatic carboxylic acids is 1. The molecule has 1 amide bonds. The molecule has 10 heteroatoms. The number of aliphatic hydroxyl groups is 2. The van der Waals surface area contributed by atoms with E-state index in [1.54, 1.807) is 31.2 Å². The Kier molecular flexibility index (Phi) is 9.16. The minimum absolute atomic E-state index is 0.193. The molecule has 0 saturated carbocycles. The molecule has 2 heterocycles.